The van der Waals surface area contributed by atoms with Gasteiger partial charge in [0, 0.05) is 36.9 Å². The fourth-order valence-corrected chi connectivity index (χ4v) is 3.13. The Bertz CT molecular complexity index is 981. The van der Waals surface area contributed by atoms with Crippen LogP contribution in [0.3, 0.4) is 0 Å². The number of carbonyl (C=O) groups excluding carboxylic acids is 2. The number of aromatic nitrogens is 1. The van der Waals surface area contributed by atoms with E-state index in [9.17, 15) is 9.59 Å². The molecule has 1 aliphatic rings. The standard InChI is InChI=1S/C20H18N4O2/c25-19(18-16-7-3-1-5-14(16)9-10-21-18)23-17-8-4-2-6-15(17)13-24-12-11-22-20(24)26/h1-10H,11-13H2,(H,22,26)(H,23,25). The molecule has 0 saturated carbocycles. The van der Waals surface area contributed by atoms with Gasteiger partial charge in [0.2, 0.25) is 0 Å². The second-order valence-electron chi connectivity index (χ2n) is 6.15. The van der Waals surface area contributed by atoms with Gasteiger partial charge in [-0.2, -0.15) is 0 Å². The smallest absolute Gasteiger partial charge is 0.317 e. The maximum atomic E-state index is 12.8. The second-order valence-corrected chi connectivity index (χ2v) is 6.15. The molecule has 0 atom stereocenters. The van der Waals surface area contributed by atoms with Gasteiger partial charge >= 0.3 is 6.03 Å². The van der Waals surface area contributed by atoms with Gasteiger partial charge in [0.1, 0.15) is 5.69 Å². The summed E-state index contributed by atoms with van der Waals surface area (Å²) in [5, 5.41) is 7.51. The fraction of sp³-hybridized carbons (Fsp3) is 0.150. The van der Waals surface area contributed by atoms with Gasteiger partial charge in [-0.05, 0) is 23.1 Å². The summed E-state index contributed by atoms with van der Waals surface area (Å²) >= 11 is 0. The number of hydrogen-bond donors (Lipinski definition) is 2. The van der Waals surface area contributed by atoms with Crippen LogP contribution in [0.15, 0.2) is 60.8 Å². The Morgan fingerprint density at radius 2 is 1.92 bits per heavy atom. The Hall–Kier alpha value is -3.41. The summed E-state index contributed by atoms with van der Waals surface area (Å²) in [6, 6.07) is 17.0. The molecule has 0 spiro atoms. The molecule has 130 valence electrons. The number of rotatable bonds is 4. The number of fused-ring (bicyclic) bond motifs is 1. The van der Waals surface area contributed by atoms with E-state index in [4.69, 9.17) is 0 Å². The molecule has 2 heterocycles. The van der Waals surface area contributed by atoms with Crippen molar-refractivity contribution in [2.45, 2.75) is 6.54 Å². The highest BCUT2D eigenvalue weighted by atomic mass is 16.2. The van der Waals surface area contributed by atoms with Crippen molar-refractivity contribution >= 4 is 28.4 Å². The number of pyridine rings is 1. The third kappa shape index (κ3) is 3.09. The molecule has 26 heavy (non-hydrogen) atoms. The molecule has 1 saturated heterocycles. The molecule has 0 radical (unpaired) electrons. The zero-order chi connectivity index (χ0) is 17.9. The van der Waals surface area contributed by atoms with E-state index < -0.39 is 0 Å². The van der Waals surface area contributed by atoms with E-state index in [2.05, 4.69) is 15.6 Å². The van der Waals surface area contributed by atoms with E-state index in [1.54, 1.807) is 11.1 Å². The van der Waals surface area contributed by atoms with E-state index in [1.165, 1.54) is 0 Å². The monoisotopic (exact) mass is 346 g/mol. The first-order valence-corrected chi connectivity index (χ1v) is 8.48. The molecule has 2 N–H and O–H groups in total. The van der Waals surface area contributed by atoms with Crippen LogP contribution in [0, 0.1) is 0 Å². The zero-order valence-corrected chi connectivity index (χ0v) is 14.1. The number of hydrogen-bond acceptors (Lipinski definition) is 3. The maximum absolute atomic E-state index is 12.8. The van der Waals surface area contributed by atoms with Crippen molar-refractivity contribution in [1.82, 2.24) is 15.2 Å². The zero-order valence-electron chi connectivity index (χ0n) is 14.1. The summed E-state index contributed by atoms with van der Waals surface area (Å²) in [7, 11) is 0. The molecule has 1 fully saturated rings. The molecule has 2 aromatic carbocycles. The molecule has 1 aliphatic heterocycles. The van der Waals surface area contributed by atoms with Gasteiger partial charge in [-0.25, -0.2) is 4.79 Å². The van der Waals surface area contributed by atoms with Crippen LogP contribution in [0.1, 0.15) is 16.1 Å². The number of para-hydroxylation sites is 1. The van der Waals surface area contributed by atoms with E-state index >= 15 is 0 Å². The predicted molar refractivity (Wildman–Crippen MR) is 99.9 cm³/mol. The van der Waals surface area contributed by atoms with Crippen LogP contribution in [-0.4, -0.2) is 34.9 Å². The first kappa shape index (κ1) is 16.1. The van der Waals surface area contributed by atoms with Crippen LogP contribution in [-0.2, 0) is 6.54 Å². The quantitative estimate of drug-likeness (QED) is 0.763. The van der Waals surface area contributed by atoms with Crippen molar-refractivity contribution in [2.24, 2.45) is 0 Å². The topological polar surface area (TPSA) is 74.3 Å². The first-order chi connectivity index (χ1) is 12.7. The Balaban J connectivity index is 1.61. The highest BCUT2D eigenvalue weighted by Crippen LogP contribution is 2.21. The Kier molecular flexibility index (Phi) is 4.23. The van der Waals surface area contributed by atoms with Gasteiger partial charge in [0.25, 0.3) is 5.91 Å². The summed E-state index contributed by atoms with van der Waals surface area (Å²) in [4.78, 5) is 30.6. The average molecular weight is 346 g/mol. The minimum absolute atomic E-state index is 0.0816. The number of nitrogens with one attached hydrogen (secondary N) is 2. The molecular formula is C20H18N4O2. The van der Waals surface area contributed by atoms with Gasteiger partial charge < -0.3 is 15.5 Å². The number of anilines is 1. The normalized spacial score (nSPS) is 13.7. The SMILES string of the molecule is O=C(Nc1ccccc1CN1CCNC1=O)c1nccc2ccccc12. The highest BCUT2D eigenvalue weighted by Gasteiger charge is 2.21. The first-order valence-electron chi connectivity index (χ1n) is 8.48. The van der Waals surface area contributed by atoms with Crippen LogP contribution in [0.4, 0.5) is 10.5 Å². The van der Waals surface area contributed by atoms with Crippen LogP contribution in [0.5, 0.6) is 0 Å². The Morgan fingerprint density at radius 1 is 1.12 bits per heavy atom. The van der Waals surface area contributed by atoms with Gasteiger partial charge in [0.05, 0.1) is 0 Å². The summed E-state index contributed by atoms with van der Waals surface area (Å²) in [6.45, 7) is 1.75. The average Bonchev–Trinajstić information content (AvgIpc) is 3.07. The minimum Gasteiger partial charge on any atom is -0.336 e. The Morgan fingerprint density at radius 3 is 2.77 bits per heavy atom. The molecule has 0 aliphatic carbocycles. The van der Waals surface area contributed by atoms with Crippen LogP contribution < -0.4 is 10.6 Å². The van der Waals surface area contributed by atoms with Gasteiger partial charge in [-0.3, -0.25) is 9.78 Å². The van der Waals surface area contributed by atoms with Crippen molar-refractivity contribution < 1.29 is 9.59 Å². The second kappa shape index (κ2) is 6.84. The molecule has 6 heteroatoms. The summed E-state index contributed by atoms with van der Waals surface area (Å²) in [5.41, 5.74) is 1.96. The molecule has 1 aromatic heterocycles. The summed E-state index contributed by atoms with van der Waals surface area (Å²) in [6.07, 6.45) is 1.64. The molecule has 3 aromatic rings. The predicted octanol–water partition coefficient (Wildman–Crippen LogP) is 3.01. The van der Waals surface area contributed by atoms with E-state index in [1.807, 2.05) is 54.6 Å². The van der Waals surface area contributed by atoms with Crippen LogP contribution >= 0.6 is 0 Å². The van der Waals surface area contributed by atoms with Crippen molar-refractivity contribution in [3.05, 3.63) is 72.1 Å². The summed E-state index contributed by atoms with van der Waals surface area (Å²) < 4.78 is 0. The van der Waals surface area contributed by atoms with Crippen molar-refractivity contribution in [2.75, 3.05) is 18.4 Å². The van der Waals surface area contributed by atoms with E-state index in [0.717, 1.165) is 16.3 Å². The lowest BCUT2D eigenvalue weighted by Gasteiger charge is -2.17. The number of amides is 3. The largest absolute Gasteiger partial charge is 0.336 e. The molecule has 0 bridgehead atoms. The molecule has 0 unspecified atom stereocenters. The van der Waals surface area contributed by atoms with Gasteiger partial charge in [-0.1, -0.05) is 42.5 Å². The lowest BCUT2D eigenvalue weighted by Crippen LogP contribution is -2.28. The van der Waals surface area contributed by atoms with Crippen molar-refractivity contribution in [1.29, 1.82) is 0 Å². The van der Waals surface area contributed by atoms with Crippen molar-refractivity contribution in [3.63, 3.8) is 0 Å². The third-order valence-corrected chi connectivity index (χ3v) is 4.46. The van der Waals surface area contributed by atoms with Crippen LogP contribution in [0.25, 0.3) is 10.8 Å². The maximum Gasteiger partial charge on any atom is 0.317 e. The number of urea groups is 1. The number of nitrogens with zero attached hydrogens (tertiary/aromatic N) is 2. The minimum atomic E-state index is -0.264. The van der Waals surface area contributed by atoms with Gasteiger partial charge in [-0.15, -0.1) is 0 Å². The highest BCUT2D eigenvalue weighted by molar-refractivity contribution is 6.11. The number of carbonyl (C=O) groups is 2. The molecule has 3 amide bonds. The van der Waals surface area contributed by atoms with Crippen molar-refractivity contribution in [3.8, 4) is 0 Å². The molecular weight excluding hydrogens is 328 g/mol. The van der Waals surface area contributed by atoms with E-state index in [0.29, 0.717) is 31.0 Å². The summed E-state index contributed by atoms with van der Waals surface area (Å²) in [5.74, 6) is -0.264. The van der Waals surface area contributed by atoms with Crippen LogP contribution in [0.2, 0.25) is 0 Å². The Labute approximate surface area is 150 Å². The number of benzene rings is 2. The molecule has 4 rings (SSSR count). The third-order valence-electron chi connectivity index (χ3n) is 4.46. The molecule has 6 nitrogen and oxygen atoms in total. The lowest BCUT2D eigenvalue weighted by atomic mass is 10.1. The van der Waals surface area contributed by atoms with E-state index in [-0.39, 0.29) is 11.9 Å². The lowest BCUT2D eigenvalue weighted by molar-refractivity contribution is 0.102. The fourth-order valence-electron chi connectivity index (χ4n) is 3.13. The van der Waals surface area contributed by atoms with Gasteiger partial charge in [0.15, 0.2) is 0 Å².